The topological polar surface area (TPSA) is 77.0 Å². The number of nitrogens with zero attached hydrogens (tertiary/aromatic N) is 3. The number of pyridine rings is 1. The predicted octanol–water partition coefficient (Wildman–Crippen LogP) is 4.77. The van der Waals surface area contributed by atoms with Crippen LogP contribution in [0.15, 0.2) is 79.3 Å². The third kappa shape index (κ3) is 4.17. The number of hydrogen-bond acceptors (Lipinski definition) is 5. The van der Waals surface area contributed by atoms with E-state index in [0.717, 1.165) is 22.4 Å². The highest BCUT2D eigenvalue weighted by molar-refractivity contribution is 6.08. The van der Waals surface area contributed by atoms with Gasteiger partial charge in [-0.1, -0.05) is 17.7 Å². The van der Waals surface area contributed by atoms with Crippen LogP contribution in [0.4, 0.5) is 5.69 Å². The van der Waals surface area contributed by atoms with E-state index in [9.17, 15) is 4.79 Å². The summed E-state index contributed by atoms with van der Waals surface area (Å²) in [6.07, 6.45) is 4.91. The Bertz CT molecular complexity index is 1160. The first kappa shape index (κ1) is 19.3. The fraction of sp³-hybridized carbons (Fsp3) is 0.0833. The maximum Gasteiger partial charge on any atom is 0.259 e. The maximum absolute atomic E-state index is 13.0. The van der Waals surface area contributed by atoms with Crippen LogP contribution in [0.25, 0.3) is 22.6 Å². The summed E-state index contributed by atoms with van der Waals surface area (Å²) >= 11 is 0. The van der Waals surface area contributed by atoms with Crippen LogP contribution in [-0.2, 0) is 0 Å². The number of methoxy groups -OCH3 is 1. The molecule has 2 aromatic heterocycles. The lowest BCUT2D eigenvalue weighted by Gasteiger charge is -2.11. The van der Waals surface area contributed by atoms with Gasteiger partial charge in [-0.2, -0.15) is 0 Å². The second kappa shape index (κ2) is 8.53. The molecule has 4 aromatic rings. The molecule has 0 aliphatic heterocycles. The fourth-order valence-electron chi connectivity index (χ4n) is 2.99. The quantitative estimate of drug-likeness (QED) is 0.526. The summed E-state index contributed by atoms with van der Waals surface area (Å²) < 4.78 is 5.21. The molecular formula is C24H20N4O2. The highest BCUT2D eigenvalue weighted by Gasteiger charge is 2.17. The zero-order valence-corrected chi connectivity index (χ0v) is 16.7. The van der Waals surface area contributed by atoms with Crippen LogP contribution in [0.1, 0.15) is 15.9 Å². The number of benzene rings is 2. The monoisotopic (exact) mass is 396 g/mol. The highest BCUT2D eigenvalue weighted by Crippen LogP contribution is 2.26. The molecule has 0 saturated heterocycles. The number of hydrogen-bond donors (Lipinski definition) is 1. The van der Waals surface area contributed by atoms with Gasteiger partial charge in [0.15, 0.2) is 5.82 Å². The van der Waals surface area contributed by atoms with Crippen molar-refractivity contribution in [1.82, 2.24) is 15.0 Å². The number of rotatable bonds is 5. The first-order valence-electron chi connectivity index (χ1n) is 9.44. The lowest BCUT2D eigenvalue weighted by Crippen LogP contribution is -2.15. The van der Waals surface area contributed by atoms with Gasteiger partial charge in [0.2, 0.25) is 0 Å². The second-order valence-corrected chi connectivity index (χ2v) is 6.74. The van der Waals surface area contributed by atoms with E-state index in [1.807, 2.05) is 67.6 Å². The van der Waals surface area contributed by atoms with Crippen molar-refractivity contribution in [2.75, 3.05) is 12.4 Å². The van der Waals surface area contributed by atoms with E-state index in [-0.39, 0.29) is 5.91 Å². The van der Waals surface area contributed by atoms with Crippen molar-refractivity contribution in [3.63, 3.8) is 0 Å². The molecular weight excluding hydrogens is 376 g/mol. The Labute approximate surface area is 174 Å². The van der Waals surface area contributed by atoms with Crippen molar-refractivity contribution in [2.24, 2.45) is 0 Å². The average molecular weight is 396 g/mol. The lowest BCUT2D eigenvalue weighted by atomic mass is 10.1. The van der Waals surface area contributed by atoms with Gasteiger partial charge >= 0.3 is 0 Å². The Kier molecular flexibility index (Phi) is 5.48. The van der Waals surface area contributed by atoms with Crippen molar-refractivity contribution in [3.05, 3.63) is 90.4 Å². The third-order valence-corrected chi connectivity index (χ3v) is 4.64. The minimum atomic E-state index is -0.271. The lowest BCUT2D eigenvalue weighted by molar-refractivity contribution is 0.102. The van der Waals surface area contributed by atoms with Crippen LogP contribution in [0.3, 0.4) is 0 Å². The number of anilines is 1. The van der Waals surface area contributed by atoms with E-state index in [0.29, 0.717) is 22.8 Å². The van der Waals surface area contributed by atoms with Gasteiger partial charge < -0.3 is 10.1 Å². The number of aryl methyl sites for hydroxylation is 1. The third-order valence-electron chi connectivity index (χ3n) is 4.64. The number of amides is 1. The van der Waals surface area contributed by atoms with E-state index in [1.54, 1.807) is 25.7 Å². The average Bonchev–Trinajstić information content (AvgIpc) is 2.81. The normalized spacial score (nSPS) is 10.5. The van der Waals surface area contributed by atoms with Crippen molar-refractivity contribution < 1.29 is 9.53 Å². The van der Waals surface area contributed by atoms with Gasteiger partial charge in [-0.3, -0.25) is 9.78 Å². The molecule has 6 heteroatoms. The zero-order chi connectivity index (χ0) is 20.9. The van der Waals surface area contributed by atoms with E-state index < -0.39 is 0 Å². The molecule has 2 heterocycles. The van der Waals surface area contributed by atoms with Crippen LogP contribution in [-0.4, -0.2) is 28.0 Å². The van der Waals surface area contributed by atoms with Crippen molar-refractivity contribution in [1.29, 1.82) is 0 Å². The predicted molar refractivity (Wildman–Crippen MR) is 116 cm³/mol. The second-order valence-electron chi connectivity index (χ2n) is 6.74. The van der Waals surface area contributed by atoms with Gasteiger partial charge in [0, 0.05) is 35.4 Å². The Morgan fingerprint density at radius 1 is 0.900 bits per heavy atom. The van der Waals surface area contributed by atoms with Crippen LogP contribution in [0, 0.1) is 6.92 Å². The molecule has 4 rings (SSSR count). The SMILES string of the molecule is COc1ccc(-c2ncc(C(=O)Nc3ccc(C)cc3)c(-c3ccncc3)n2)cc1. The number of nitrogens with one attached hydrogen (secondary N) is 1. The van der Waals surface area contributed by atoms with Gasteiger partial charge in [-0.25, -0.2) is 9.97 Å². The maximum atomic E-state index is 13.0. The largest absolute Gasteiger partial charge is 0.497 e. The van der Waals surface area contributed by atoms with E-state index in [2.05, 4.69) is 15.3 Å². The van der Waals surface area contributed by atoms with Crippen LogP contribution < -0.4 is 10.1 Å². The van der Waals surface area contributed by atoms with Crippen LogP contribution in [0.2, 0.25) is 0 Å². The molecule has 0 radical (unpaired) electrons. The van der Waals surface area contributed by atoms with Crippen molar-refractivity contribution in [2.45, 2.75) is 6.92 Å². The van der Waals surface area contributed by atoms with Gasteiger partial charge in [-0.15, -0.1) is 0 Å². The summed E-state index contributed by atoms with van der Waals surface area (Å²) in [6, 6.07) is 18.7. The summed E-state index contributed by atoms with van der Waals surface area (Å²) in [7, 11) is 1.62. The minimum Gasteiger partial charge on any atom is -0.497 e. The molecule has 0 bridgehead atoms. The summed E-state index contributed by atoms with van der Waals surface area (Å²) in [5.41, 5.74) is 4.39. The summed E-state index contributed by atoms with van der Waals surface area (Å²) in [5.74, 6) is 1.01. The van der Waals surface area contributed by atoms with Crippen LogP contribution in [0.5, 0.6) is 5.75 Å². The van der Waals surface area contributed by atoms with Gasteiger partial charge in [-0.05, 0) is 55.5 Å². The van der Waals surface area contributed by atoms with Crippen molar-refractivity contribution in [3.8, 4) is 28.4 Å². The van der Waals surface area contributed by atoms with Crippen molar-refractivity contribution >= 4 is 11.6 Å². The molecule has 148 valence electrons. The smallest absolute Gasteiger partial charge is 0.259 e. The minimum absolute atomic E-state index is 0.271. The van der Waals surface area contributed by atoms with E-state index in [4.69, 9.17) is 9.72 Å². The zero-order valence-electron chi connectivity index (χ0n) is 16.7. The molecule has 0 unspecified atom stereocenters. The first-order chi connectivity index (χ1) is 14.6. The Morgan fingerprint density at radius 2 is 1.60 bits per heavy atom. The van der Waals surface area contributed by atoms with Crippen LogP contribution >= 0.6 is 0 Å². The number of carbonyl (C=O) groups excluding carboxylic acids is 1. The summed E-state index contributed by atoms with van der Waals surface area (Å²) in [5, 5.41) is 2.92. The fourth-order valence-corrected chi connectivity index (χ4v) is 2.99. The number of ether oxygens (including phenoxy) is 1. The standard InChI is InChI=1S/C24H20N4O2/c1-16-3-7-19(8-4-16)27-24(29)21-15-26-23(18-5-9-20(30-2)10-6-18)28-22(21)17-11-13-25-14-12-17/h3-15H,1-2H3,(H,27,29). The number of carbonyl (C=O) groups is 1. The molecule has 1 N–H and O–H groups in total. The molecule has 2 aromatic carbocycles. The molecule has 6 nitrogen and oxygen atoms in total. The molecule has 0 atom stereocenters. The molecule has 0 saturated carbocycles. The molecule has 0 aliphatic rings. The highest BCUT2D eigenvalue weighted by atomic mass is 16.5. The molecule has 0 spiro atoms. The first-order valence-corrected chi connectivity index (χ1v) is 9.44. The summed E-state index contributed by atoms with van der Waals surface area (Å²) in [4.78, 5) is 26.2. The Hall–Kier alpha value is -4.06. The Balaban J connectivity index is 1.73. The Morgan fingerprint density at radius 3 is 2.27 bits per heavy atom. The van der Waals surface area contributed by atoms with Gasteiger partial charge in [0.05, 0.1) is 18.4 Å². The summed E-state index contributed by atoms with van der Waals surface area (Å²) in [6.45, 7) is 2.00. The van der Waals surface area contributed by atoms with Gasteiger partial charge in [0.25, 0.3) is 5.91 Å². The van der Waals surface area contributed by atoms with E-state index in [1.165, 1.54) is 0 Å². The molecule has 1 amide bonds. The number of aromatic nitrogens is 3. The molecule has 30 heavy (non-hydrogen) atoms. The molecule has 0 aliphatic carbocycles. The molecule has 0 fully saturated rings. The van der Waals surface area contributed by atoms with Gasteiger partial charge in [0.1, 0.15) is 5.75 Å². The van der Waals surface area contributed by atoms with E-state index >= 15 is 0 Å².